The Morgan fingerprint density at radius 1 is 1.07 bits per heavy atom. The number of nitrogens with one attached hydrogen (secondary N) is 1. The fourth-order valence-corrected chi connectivity index (χ4v) is 6.07. The van der Waals surface area contributed by atoms with Crippen molar-refractivity contribution in [2.45, 2.75) is 36.5 Å². The van der Waals surface area contributed by atoms with Crippen LogP contribution < -0.4 is 9.46 Å². The van der Waals surface area contributed by atoms with Crippen LogP contribution in [0, 0.1) is 6.92 Å². The molecular weight excluding hydrogens is 436 g/mol. The maximum absolute atomic E-state index is 13.1. The van der Waals surface area contributed by atoms with E-state index in [2.05, 4.69) is 4.72 Å². The summed E-state index contributed by atoms with van der Waals surface area (Å²) in [7, 11) is -7.74. The quantitative estimate of drug-likeness (QED) is 0.683. The van der Waals surface area contributed by atoms with E-state index in [1.807, 2.05) is 0 Å². The molecule has 3 rings (SSSR count). The van der Waals surface area contributed by atoms with Crippen molar-refractivity contribution in [1.82, 2.24) is 4.31 Å². The molecule has 7 nitrogen and oxygen atoms in total. The molecule has 0 amide bonds. The lowest BCUT2D eigenvalue weighted by Gasteiger charge is -2.19. The van der Waals surface area contributed by atoms with Gasteiger partial charge in [0, 0.05) is 18.1 Å². The van der Waals surface area contributed by atoms with E-state index in [4.69, 9.17) is 16.3 Å². The van der Waals surface area contributed by atoms with Crippen LogP contribution in [0.5, 0.6) is 5.75 Å². The third-order valence-corrected chi connectivity index (χ3v) is 8.34. The zero-order chi connectivity index (χ0) is 21.2. The molecule has 0 unspecified atom stereocenters. The highest BCUT2D eigenvalue weighted by Crippen LogP contribution is 2.32. The van der Waals surface area contributed by atoms with Gasteiger partial charge in [0.05, 0.1) is 17.2 Å². The summed E-state index contributed by atoms with van der Waals surface area (Å²) < 4.78 is 60.9. The minimum absolute atomic E-state index is 0.00839. The Morgan fingerprint density at radius 2 is 1.76 bits per heavy atom. The van der Waals surface area contributed by atoms with E-state index in [9.17, 15) is 16.8 Å². The Balaban J connectivity index is 1.99. The lowest BCUT2D eigenvalue weighted by molar-refractivity contribution is 0.330. The van der Waals surface area contributed by atoms with Crippen molar-refractivity contribution in [2.75, 3.05) is 24.4 Å². The molecule has 1 heterocycles. The highest BCUT2D eigenvalue weighted by Gasteiger charge is 2.30. The Hall–Kier alpha value is -1.81. The molecule has 0 radical (unpaired) electrons. The van der Waals surface area contributed by atoms with Gasteiger partial charge in [-0.25, -0.2) is 16.8 Å². The van der Waals surface area contributed by atoms with Crippen LogP contribution in [-0.2, 0) is 20.0 Å². The highest BCUT2D eigenvalue weighted by molar-refractivity contribution is 7.92. The number of sulfonamides is 2. The summed E-state index contributed by atoms with van der Waals surface area (Å²) in [6.07, 6.45) is 1.59. The van der Waals surface area contributed by atoms with Crippen molar-refractivity contribution in [1.29, 1.82) is 0 Å². The minimum Gasteiger partial charge on any atom is -0.492 e. The largest absolute Gasteiger partial charge is 0.492 e. The second-order valence-corrected chi connectivity index (χ2v) is 10.7. The van der Waals surface area contributed by atoms with E-state index >= 15 is 0 Å². The van der Waals surface area contributed by atoms with Crippen LogP contribution >= 0.6 is 11.6 Å². The minimum atomic E-state index is -3.94. The predicted molar refractivity (Wildman–Crippen MR) is 113 cm³/mol. The van der Waals surface area contributed by atoms with E-state index in [1.165, 1.54) is 34.6 Å². The molecule has 1 N–H and O–H groups in total. The number of halogens is 1. The van der Waals surface area contributed by atoms with Gasteiger partial charge in [-0.15, -0.1) is 0 Å². The first-order chi connectivity index (χ1) is 13.6. The number of anilines is 1. The lowest BCUT2D eigenvalue weighted by atomic mass is 10.2. The molecule has 158 valence electrons. The van der Waals surface area contributed by atoms with Gasteiger partial charge in [0.25, 0.3) is 10.0 Å². The topological polar surface area (TPSA) is 92.8 Å². The number of aryl methyl sites for hydroxylation is 1. The molecule has 0 bridgehead atoms. The summed E-state index contributed by atoms with van der Waals surface area (Å²) in [6.45, 7) is 4.69. The fraction of sp³-hybridized carbons (Fsp3) is 0.368. The Bertz CT molecular complexity index is 1110. The number of hydrogen-bond acceptors (Lipinski definition) is 5. The summed E-state index contributed by atoms with van der Waals surface area (Å²) in [4.78, 5) is -0.0608. The molecule has 0 saturated carbocycles. The molecule has 1 saturated heterocycles. The van der Waals surface area contributed by atoms with Gasteiger partial charge < -0.3 is 4.74 Å². The maximum Gasteiger partial charge on any atom is 0.261 e. The first-order valence-electron chi connectivity index (χ1n) is 9.21. The van der Waals surface area contributed by atoms with Crippen LogP contribution in [0.15, 0.2) is 46.2 Å². The van der Waals surface area contributed by atoms with Crippen LogP contribution in [0.2, 0.25) is 5.02 Å². The van der Waals surface area contributed by atoms with Gasteiger partial charge in [-0.05, 0) is 62.6 Å². The van der Waals surface area contributed by atoms with Gasteiger partial charge in [-0.1, -0.05) is 17.7 Å². The lowest BCUT2D eigenvalue weighted by Crippen LogP contribution is -2.28. The molecular formula is C19H23ClN2O5S2. The van der Waals surface area contributed by atoms with Crippen molar-refractivity contribution < 1.29 is 21.6 Å². The summed E-state index contributed by atoms with van der Waals surface area (Å²) in [6, 6.07) is 8.65. The smallest absolute Gasteiger partial charge is 0.261 e. The molecule has 0 aliphatic carbocycles. The standard InChI is InChI=1S/C19H23ClN2O5S2/c1-3-27-18-9-7-15(12-19(18)29(25,26)22-10-4-5-11-22)21-28(23,24)16-8-6-14(2)17(20)13-16/h6-9,12-13,21H,3-5,10-11H2,1-2H3. The average Bonchev–Trinajstić information content (AvgIpc) is 3.20. The molecule has 29 heavy (non-hydrogen) atoms. The highest BCUT2D eigenvalue weighted by atomic mass is 35.5. The first-order valence-corrected chi connectivity index (χ1v) is 12.5. The number of benzene rings is 2. The first kappa shape index (κ1) is 21.9. The van der Waals surface area contributed by atoms with E-state index in [0.29, 0.717) is 18.1 Å². The molecule has 1 aliphatic rings. The summed E-state index contributed by atoms with van der Waals surface area (Å²) in [5.41, 5.74) is 0.883. The normalized spacial score (nSPS) is 15.4. The van der Waals surface area contributed by atoms with Crippen molar-refractivity contribution in [3.05, 3.63) is 47.0 Å². The van der Waals surface area contributed by atoms with Crippen molar-refractivity contribution >= 4 is 37.3 Å². The Labute approximate surface area is 176 Å². The molecule has 0 spiro atoms. The number of ether oxygens (including phenoxy) is 1. The fourth-order valence-electron chi connectivity index (χ4n) is 3.07. The Kier molecular flexibility index (Phi) is 6.42. The maximum atomic E-state index is 13.1. The van der Waals surface area contributed by atoms with Crippen LogP contribution in [0.4, 0.5) is 5.69 Å². The predicted octanol–water partition coefficient (Wildman–Crippen LogP) is 3.63. The third-order valence-electron chi connectivity index (χ3n) is 4.63. The second-order valence-electron chi connectivity index (χ2n) is 6.72. The van der Waals surface area contributed by atoms with Crippen molar-refractivity contribution in [2.24, 2.45) is 0 Å². The van der Waals surface area contributed by atoms with Crippen LogP contribution in [0.3, 0.4) is 0 Å². The average molecular weight is 459 g/mol. The number of nitrogens with zero attached hydrogens (tertiary/aromatic N) is 1. The van der Waals surface area contributed by atoms with Crippen LogP contribution in [-0.4, -0.2) is 40.8 Å². The zero-order valence-corrected chi connectivity index (χ0v) is 18.6. The molecule has 2 aromatic rings. The van der Waals surface area contributed by atoms with Crippen LogP contribution in [0.1, 0.15) is 25.3 Å². The number of rotatable bonds is 7. The molecule has 1 fully saturated rings. The van der Waals surface area contributed by atoms with Gasteiger partial charge in [-0.3, -0.25) is 4.72 Å². The Morgan fingerprint density at radius 3 is 2.38 bits per heavy atom. The summed E-state index contributed by atoms with van der Waals surface area (Å²) in [5, 5.41) is 0.330. The van der Waals surface area contributed by atoms with E-state index in [0.717, 1.165) is 18.4 Å². The van der Waals surface area contributed by atoms with Crippen molar-refractivity contribution in [3.63, 3.8) is 0 Å². The molecule has 0 atom stereocenters. The number of hydrogen-bond donors (Lipinski definition) is 1. The summed E-state index contributed by atoms with van der Waals surface area (Å²) >= 11 is 6.04. The molecule has 10 heteroatoms. The van der Waals surface area contributed by atoms with Gasteiger partial charge in [0.15, 0.2) is 0 Å². The van der Waals surface area contributed by atoms with E-state index in [1.54, 1.807) is 19.9 Å². The zero-order valence-electron chi connectivity index (χ0n) is 16.2. The SMILES string of the molecule is CCOc1ccc(NS(=O)(=O)c2ccc(C)c(Cl)c2)cc1S(=O)(=O)N1CCCC1. The van der Waals surface area contributed by atoms with Crippen molar-refractivity contribution in [3.8, 4) is 5.75 Å². The molecule has 0 aromatic heterocycles. The monoisotopic (exact) mass is 458 g/mol. The van der Waals surface area contributed by atoms with E-state index in [-0.39, 0.29) is 27.8 Å². The van der Waals surface area contributed by atoms with Gasteiger partial charge in [0.1, 0.15) is 10.6 Å². The van der Waals surface area contributed by atoms with Gasteiger partial charge in [0.2, 0.25) is 10.0 Å². The third kappa shape index (κ3) is 4.69. The molecule has 1 aliphatic heterocycles. The second kappa shape index (κ2) is 8.51. The summed E-state index contributed by atoms with van der Waals surface area (Å²) in [5.74, 6) is 0.195. The molecule has 2 aromatic carbocycles. The van der Waals surface area contributed by atoms with Crippen LogP contribution in [0.25, 0.3) is 0 Å². The van der Waals surface area contributed by atoms with Gasteiger partial charge >= 0.3 is 0 Å². The van der Waals surface area contributed by atoms with Gasteiger partial charge in [-0.2, -0.15) is 4.31 Å². The van der Waals surface area contributed by atoms with E-state index < -0.39 is 20.0 Å².